The van der Waals surface area contributed by atoms with Gasteiger partial charge in [-0.3, -0.25) is 0 Å². The van der Waals surface area contributed by atoms with Crippen molar-refractivity contribution in [2.45, 2.75) is 122 Å². The fourth-order valence-corrected chi connectivity index (χ4v) is 8.11. The molecule has 0 radical (unpaired) electrons. The molecule has 0 unspecified atom stereocenters. The number of aromatic hydroxyl groups is 4. The Labute approximate surface area is 287 Å². The predicted molar refractivity (Wildman–Crippen MR) is 191 cm³/mol. The Kier molecular flexibility index (Phi) is 8.18. The number of hydrogen-bond acceptors (Lipinski definition) is 4. The van der Waals surface area contributed by atoms with E-state index in [1.165, 1.54) is 12.8 Å². The predicted octanol–water partition coefficient (Wildman–Crippen LogP) is 10.7. The van der Waals surface area contributed by atoms with Crippen LogP contribution in [-0.2, 0) is 18.3 Å². The van der Waals surface area contributed by atoms with E-state index < -0.39 is 5.41 Å². The average molecular weight is 637 g/mol. The number of rotatable bonds is 12. The van der Waals surface area contributed by atoms with Crippen LogP contribution in [0.4, 0.5) is 0 Å². The lowest BCUT2D eigenvalue weighted by molar-refractivity contribution is 0.409. The number of hydrogen-bond donors (Lipinski definition) is 4. The van der Waals surface area contributed by atoms with Gasteiger partial charge in [0.1, 0.15) is 23.0 Å². The van der Waals surface area contributed by atoms with E-state index in [0.717, 1.165) is 107 Å². The van der Waals surface area contributed by atoms with Crippen LogP contribution < -0.4 is 0 Å². The average Bonchev–Trinajstić information content (AvgIpc) is 3.15. The zero-order valence-electron chi connectivity index (χ0n) is 32.5. The SMILES string of the molecule is [2H]Oc1ccc(C)cc1Cc1cc(C(C)(C)c2cc(Cc3cc(C)ccc3O[2H])c(O[2H])c(C3CCCCC3)c2)cc(C2CCCCC2)c1O[2H]. The normalized spacial score (nSPS) is 17.3. The molecular formula is C43H52O4. The summed E-state index contributed by atoms with van der Waals surface area (Å²) in [6, 6.07) is 20.6. The summed E-state index contributed by atoms with van der Waals surface area (Å²) >= 11 is 0. The van der Waals surface area contributed by atoms with Crippen LogP contribution in [0.5, 0.6) is 23.0 Å². The Bertz CT molecular complexity index is 1690. The van der Waals surface area contributed by atoms with Gasteiger partial charge in [0.15, 0.2) is 0 Å². The van der Waals surface area contributed by atoms with Gasteiger partial charge in [-0.2, -0.15) is 0 Å². The minimum absolute atomic E-state index is 0.301. The summed E-state index contributed by atoms with van der Waals surface area (Å²) in [5.74, 6) is 2.83. The molecule has 0 heterocycles. The molecule has 2 aliphatic carbocycles. The molecule has 4 nitrogen and oxygen atoms in total. The third kappa shape index (κ3) is 7.03. The molecule has 2 aliphatic rings. The Morgan fingerprint density at radius 2 is 0.979 bits per heavy atom. The van der Waals surface area contributed by atoms with Gasteiger partial charge in [-0.05, 0) is 108 Å². The number of phenolic OH excluding ortho intramolecular Hbond substituents is 4. The van der Waals surface area contributed by atoms with Crippen LogP contribution in [-0.4, -0.2) is 26.2 Å². The highest BCUT2D eigenvalue weighted by Gasteiger charge is 2.31. The van der Waals surface area contributed by atoms with Gasteiger partial charge in [-0.15, -0.1) is 0 Å². The summed E-state index contributed by atoms with van der Waals surface area (Å²) < 4.78 is 32.1. The summed E-state index contributed by atoms with van der Waals surface area (Å²) in [6.45, 7) is 8.60. The molecule has 0 atom stereocenters. The van der Waals surface area contributed by atoms with Gasteiger partial charge < -0.3 is 20.4 Å². The molecule has 4 heteroatoms. The monoisotopic (exact) mass is 636 g/mol. The third-order valence-electron chi connectivity index (χ3n) is 11.1. The summed E-state index contributed by atoms with van der Waals surface area (Å²) in [6.07, 6.45) is 12.3. The zero-order valence-corrected chi connectivity index (χ0v) is 28.5. The molecule has 0 amide bonds. The van der Waals surface area contributed by atoms with Crippen LogP contribution in [0.25, 0.3) is 0 Å². The second kappa shape index (κ2) is 13.7. The third-order valence-corrected chi connectivity index (χ3v) is 11.1. The van der Waals surface area contributed by atoms with E-state index in [4.69, 9.17) is 26.2 Å². The van der Waals surface area contributed by atoms with Crippen molar-refractivity contribution >= 4 is 0 Å². The van der Waals surface area contributed by atoms with E-state index in [-0.39, 0.29) is 0 Å². The number of phenols is 4. The molecule has 6 rings (SSSR count). The molecule has 0 aromatic heterocycles. The van der Waals surface area contributed by atoms with E-state index >= 15 is 0 Å². The van der Waals surface area contributed by atoms with Crippen LogP contribution in [0.15, 0.2) is 60.7 Å². The first-order valence-corrected chi connectivity index (χ1v) is 17.7. The molecular weight excluding hydrogens is 580 g/mol. The summed E-state index contributed by atoms with van der Waals surface area (Å²) in [4.78, 5) is 0. The summed E-state index contributed by atoms with van der Waals surface area (Å²) in [5, 5.41) is 21.1. The van der Waals surface area contributed by atoms with Gasteiger partial charge in [-0.1, -0.05) is 112 Å². The Balaban J connectivity index is 1.53. The summed E-state index contributed by atoms with van der Waals surface area (Å²) in [5.41, 5.74) is 9.72. The van der Waals surface area contributed by atoms with Gasteiger partial charge in [0.2, 0.25) is 0 Å². The van der Waals surface area contributed by atoms with Crippen molar-refractivity contribution in [2.75, 3.05) is 0 Å². The quantitative estimate of drug-likeness (QED) is 0.125. The van der Waals surface area contributed by atoms with E-state index in [1.807, 2.05) is 38.1 Å². The maximum Gasteiger partial charge on any atom is 0.293 e. The minimum Gasteiger partial charge on any atom is -0.508 e. The zero-order chi connectivity index (χ0) is 36.1. The molecule has 0 saturated heterocycles. The van der Waals surface area contributed by atoms with Crippen molar-refractivity contribution in [2.24, 2.45) is 0 Å². The van der Waals surface area contributed by atoms with E-state index in [0.29, 0.717) is 47.7 Å². The van der Waals surface area contributed by atoms with Gasteiger partial charge in [0.25, 0.3) is 5.72 Å². The Hall–Kier alpha value is -3.92. The maximum atomic E-state index is 8.29. The van der Waals surface area contributed by atoms with Crippen LogP contribution in [0.3, 0.4) is 0 Å². The van der Waals surface area contributed by atoms with Crippen molar-refractivity contribution in [3.63, 3.8) is 0 Å². The first kappa shape index (κ1) is 28.1. The summed E-state index contributed by atoms with van der Waals surface area (Å²) in [7, 11) is 0. The number of benzene rings is 4. The highest BCUT2D eigenvalue weighted by molar-refractivity contribution is 5.56. The van der Waals surface area contributed by atoms with Gasteiger partial charge in [0.05, 0.1) is 0 Å². The topological polar surface area (TPSA) is 80.9 Å². The highest BCUT2D eigenvalue weighted by atomic mass is 16.3. The van der Waals surface area contributed by atoms with Gasteiger partial charge >= 0.3 is 0 Å². The number of aryl methyl sites for hydroxylation is 2. The van der Waals surface area contributed by atoms with Crippen molar-refractivity contribution < 1.29 is 20.4 Å². The van der Waals surface area contributed by atoms with Crippen LogP contribution in [0.1, 0.15) is 146 Å². The lowest BCUT2D eigenvalue weighted by Gasteiger charge is -2.32. The molecule has 2 fully saturated rings. The second-order valence-electron chi connectivity index (χ2n) is 15.0. The van der Waals surface area contributed by atoms with Crippen LogP contribution in [0, 0.1) is 13.8 Å². The smallest absolute Gasteiger partial charge is 0.293 e. The first-order valence-electron chi connectivity index (χ1n) is 19.4. The Morgan fingerprint density at radius 3 is 1.36 bits per heavy atom. The van der Waals surface area contributed by atoms with Crippen LogP contribution >= 0.6 is 0 Å². The minimum atomic E-state index is -0.472. The van der Waals surface area contributed by atoms with Crippen LogP contribution in [0.2, 0.25) is 0 Å². The van der Waals surface area contributed by atoms with Crippen molar-refractivity contribution in [1.29, 1.82) is 5.72 Å². The standard InChI is InChI=1S/C43H52O4/c1-27-15-17-39(44)31(19-27)21-33-23-35(25-37(41(33)46)29-11-7-5-8-12-29)43(3,4)36-24-34(22-32-20-28(2)16-18-40(32)45)42(47)38(26-36)30-13-9-6-10-14-30/h15-20,23-26,29-30,44-47H,5-14,21-22H2,1-4H3/i/hD4. The van der Waals surface area contributed by atoms with E-state index in [2.05, 4.69) is 50.2 Å². The van der Waals surface area contributed by atoms with Gasteiger partial charge in [0, 0.05) is 18.3 Å². The largest absolute Gasteiger partial charge is 0.508 e. The molecule has 248 valence electrons. The fourth-order valence-electron chi connectivity index (χ4n) is 8.11. The molecule has 4 aromatic carbocycles. The molecule has 4 aromatic rings. The fraction of sp³-hybridized carbons (Fsp3) is 0.442. The van der Waals surface area contributed by atoms with Crippen molar-refractivity contribution in [3.05, 3.63) is 116 Å². The van der Waals surface area contributed by atoms with Gasteiger partial charge in [-0.25, -0.2) is 0 Å². The lowest BCUT2D eigenvalue weighted by Crippen LogP contribution is -2.22. The first-order chi connectivity index (χ1) is 24.7. The van der Waals surface area contributed by atoms with Crippen molar-refractivity contribution in [1.82, 2.24) is 0 Å². The second-order valence-corrected chi connectivity index (χ2v) is 15.0. The molecule has 0 bridgehead atoms. The highest BCUT2D eigenvalue weighted by Crippen LogP contribution is 2.46. The molecule has 2 saturated carbocycles. The lowest BCUT2D eigenvalue weighted by atomic mass is 9.72. The van der Waals surface area contributed by atoms with Crippen molar-refractivity contribution in [3.8, 4) is 23.0 Å². The Morgan fingerprint density at radius 1 is 0.553 bits per heavy atom. The van der Waals surface area contributed by atoms with E-state index in [1.54, 1.807) is 0 Å². The molecule has 47 heavy (non-hydrogen) atoms. The van der Waals surface area contributed by atoms with E-state index in [9.17, 15) is 0 Å². The molecule has 0 spiro atoms. The molecule has 0 aliphatic heterocycles. The maximum absolute atomic E-state index is 8.29. The molecule has 4 N–H and O–H groups in total.